The van der Waals surface area contributed by atoms with E-state index in [1.807, 2.05) is 0 Å². The molecule has 0 aromatic carbocycles. The first-order chi connectivity index (χ1) is 9.62. The highest BCUT2D eigenvalue weighted by atomic mass is 15.1. The Morgan fingerprint density at radius 1 is 1.05 bits per heavy atom. The van der Waals surface area contributed by atoms with Gasteiger partial charge in [0.15, 0.2) is 0 Å². The first-order valence-electron chi connectivity index (χ1n) is 9.05. The smallest absolute Gasteiger partial charge is 0.00500 e. The van der Waals surface area contributed by atoms with Gasteiger partial charge in [0.25, 0.3) is 0 Å². The highest BCUT2D eigenvalue weighted by Crippen LogP contribution is 2.35. The third-order valence-corrected chi connectivity index (χ3v) is 4.76. The summed E-state index contributed by atoms with van der Waals surface area (Å²) in [5.74, 6) is 0.760. The number of nitrogens with one attached hydrogen (secondary N) is 1. The van der Waals surface area contributed by atoms with E-state index in [2.05, 4.69) is 37.9 Å². The normalized spacial score (nSPS) is 19.5. The zero-order valence-electron chi connectivity index (χ0n) is 14.5. The van der Waals surface area contributed by atoms with Crippen molar-refractivity contribution >= 4 is 0 Å². The van der Waals surface area contributed by atoms with Crippen LogP contribution in [0.5, 0.6) is 0 Å². The molecule has 2 nitrogen and oxygen atoms in total. The SMILES string of the molecule is CCCN(CC)CC1(CNCC(C)C)CCCCCC1. The molecule has 1 rings (SSSR count). The van der Waals surface area contributed by atoms with E-state index in [9.17, 15) is 0 Å². The maximum absolute atomic E-state index is 3.77. The summed E-state index contributed by atoms with van der Waals surface area (Å²) in [5.41, 5.74) is 0.538. The van der Waals surface area contributed by atoms with E-state index >= 15 is 0 Å². The van der Waals surface area contributed by atoms with Crippen LogP contribution in [0.4, 0.5) is 0 Å². The van der Waals surface area contributed by atoms with Gasteiger partial charge in [0, 0.05) is 13.1 Å². The molecule has 120 valence electrons. The van der Waals surface area contributed by atoms with Crippen LogP contribution in [0.2, 0.25) is 0 Å². The number of nitrogens with zero attached hydrogens (tertiary/aromatic N) is 1. The van der Waals surface area contributed by atoms with E-state index in [1.54, 1.807) is 0 Å². The summed E-state index contributed by atoms with van der Waals surface area (Å²) in [4.78, 5) is 2.68. The second-order valence-electron chi connectivity index (χ2n) is 7.31. The van der Waals surface area contributed by atoms with Crippen LogP contribution in [0.15, 0.2) is 0 Å². The van der Waals surface area contributed by atoms with Crippen LogP contribution in [-0.2, 0) is 0 Å². The predicted molar refractivity (Wildman–Crippen MR) is 90.2 cm³/mol. The van der Waals surface area contributed by atoms with Crippen LogP contribution in [0.1, 0.15) is 72.6 Å². The standard InChI is InChI=1S/C18H38N2/c1-5-13-20(6-2)16-18(15-19-14-17(3)4)11-9-7-8-10-12-18/h17,19H,5-16H2,1-4H3. The third-order valence-electron chi connectivity index (χ3n) is 4.76. The van der Waals surface area contributed by atoms with Gasteiger partial charge in [-0.1, -0.05) is 53.4 Å². The molecule has 20 heavy (non-hydrogen) atoms. The Hall–Kier alpha value is -0.0800. The van der Waals surface area contributed by atoms with E-state index in [0.717, 1.165) is 5.92 Å². The number of rotatable bonds is 9. The molecule has 1 N–H and O–H groups in total. The zero-order chi connectivity index (χ0) is 14.8. The van der Waals surface area contributed by atoms with Crippen LogP contribution >= 0.6 is 0 Å². The monoisotopic (exact) mass is 282 g/mol. The molecule has 0 aromatic heterocycles. The molecular weight excluding hydrogens is 244 g/mol. The summed E-state index contributed by atoms with van der Waals surface area (Å²) in [7, 11) is 0. The Morgan fingerprint density at radius 3 is 2.20 bits per heavy atom. The largest absolute Gasteiger partial charge is 0.316 e. The Balaban J connectivity index is 2.61. The Kier molecular flexibility index (Phi) is 8.79. The molecule has 0 atom stereocenters. The van der Waals surface area contributed by atoms with Gasteiger partial charge in [0.05, 0.1) is 0 Å². The van der Waals surface area contributed by atoms with Gasteiger partial charge in [-0.2, -0.15) is 0 Å². The van der Waals surface area contributed by atoms with Gasteiger partial charge >= 0.3 is 0 Å². The molecule has 1 aliphatic rings. The molecule has 0 aliphatic heterocycles. The van der Waals surface area contributed by atoms with Gasteiger partial charge in [0.1, 0.15) is 0 Å². The maximum atomic E-state index is 3.77. The summed E-state index contributed by atoms with van der Waals surface area (Å²) < 4.78 is 0. The molecule has 0 saturated heterocycles. The molecule has 1 fully saturated rings. The van der Waals surface area contributed by atoms with E-state index in [0.29, 0.717) is 5.41 Å². The van der Waals surface area contributed by atoms with Crippen molar-refractivity contribution in [3.8, 4) is 0 Å². The lowest BCUT2D eigenvalue weighted by atomic mass is 9.79. The lowest BCUT2D eigenvalue weighted by Gasteiger charge is -2.38. The molecule has 0 radical (unpaired) electrons. The van der Waals surface area contributed by atoms with Crippen molar-refractivity contribution in [3.05, 3.63) is 0 Å². The summed E-state index contributed by atoms with van der Waals surface area (Å²) in [6.45, 7) is 15.4. The van der Waals surface area contributed by atoms with Crippen LogP contribution in [-0.4, -0.2) is 37.6 Å². The van der Waals surface area contributed by atoms with Crippen molar-refractivity contribution in [1.82, 2.24) is 10.2 Å². The van der Waals surface area contributed by atoms with Crippen molar-refractivity contribution < 1.29 is 0 Å². The Morgan fingerprint density at radius 2 is 1.70 bits per heavy atom. The van der Waals surface area contributed by atoms with Crippen LogP contribution in [0.25, 0.3) is 0 Å². The highest BCUT2D eigenvalue weighted by Gasteiger charge is 2.32. The minimum absolute atomic E-state index is 0.538. The highest BCUT2D eigenvalue weighted by molar-refractivity contribution is 4.87. The van der Waals surface area contributed by atoms with Crippen LogP contribution < -0.4 is 5.32 Å². The van der Waals surface area contributed by atoms with E-state index in [1.165, 1.54) is 77.7 Å². The minimum atomic E-state index is 0.538. The van der Waals surface area contributed by atoms with Gasteiger partial charge in [-0.25, -0.2) is 0 Å². The number of hydrogen-bond acceptors (Lipinski definition) is 2. The van der Waals surface area contributed by atoms with E-state index in [4.69, 9.17) is 0 Å². The molecule has 0 unspecified atom stereocenters. The fourth-order valence-electron chi connectivity index (χ4n) is 3.63. The molecule has 0 amide bonds. The molecule has 0 aromatic rings. The van der Waals surface area contributed by atoms with Crippen molar-refractivity contribution in [2.75, 3.05) is 32.7 Å². The Bertz CT molecular complexity index is 230. The van der Waals surface area contributed by atoms with Gasteiger partial charge in [-0.15, -0.1) is 0 Å². The minimum Gasteiger partial charge on any atom is -0.316 e. The summed E-state index contributed by atoms with van der Waals surface area (Å²) >= 11 is 0. The second-order valence-corrected chi connectivity index (χ2v) is 7.31. The summed E-state index contributed by atoms with van der Waals surface area (Å²) in [5, 5.41) is 3.77. The summed E-state index contributed by atoms with van der Waals surface area (Å²) in [6.07, 6.45) is 9.91. The molecule has 0 spiro atoms. The van der Waals surface area contributed by atoms with Gasteiger partial charge in [-0.3, -0.25) is 0 Å². The Labute approximate surface area is 127 Å². The van der Waals surface area contributed by atoms with E-state index in [-0.39, 0.29) is 0 Å². The molecule has 0 bridgehead atoms. The van der Waals surface area contributed by atoms with Crippen molar-refractivity contribution in [2.45, 2.75) is 72.6 Å². The topological polar surface area (TPSA) is 15.3 Å². The average molecular weight is 283 g/mol. The molecule has 0 heterocycles. The number of hydrogen-bond donors (Lipinski definition) is 1. The van der Waals surface area contributed by atoms with E-state index < -0.39 is 0 Å². The summed E-state index contributed by atoms with van der Waals surface area (Å²) in [6, 6.07) is 0. The molecular formula is C18H38N2. The zero-order valence-corrected chi connectivity index (χ0v) is 14.5. The lowest BCUT2D eigenvalue weighted by Crippen LogP contribution is -2.45. The quantitative estimate of drug-likeness (QED) is 0.634. The van der Waals surface area contributed by atoms with Gasteiger partial charge < -0.3 is 10.2 Å². The lowest BCUT2D eigenvalue weighted by molar-refractivity contribution is 0.130. The molecule has 2 heteroatoms. The van der Waals surface area contributed by atoms with Crippen molar-refractivity contribution in [1.29, 1.82) is 0 Å². The van der Waals surface area contributed by atoms with Crippen molar-refractivity contribution in [2.24, 2.45) is 11.3 Å². The predicted octanol–water partition coefficient (Wildman–Crippen LogP) is 4.30. The maximum Gasteiger partial charge on any atom is 0.00500 e. The van der Waals surface area contributed by atoms with Gasteiger partial charge in [0.2, 0.25) is 0 Å². The molecule has 1 saturated carbocycles. The van der Waals surface area contributed by atoms with Gasteiger partial charge in [-0.05, 0) is 50.2 Å². The average Bonchev–Trinajstić information content (AvgIpc) is 2.64. The fourth-order valence-corrected chi connectivity index (χ4v) is 3.63. The first kappa shape index (κ1) is 18.0. The van der Waals surface area contributed by atoms with Crippen LogP contribution in [0.3, 0.4) is 0 Å². The fraction of sp³-hybridized carbons (Fsp3) is 1.00. The molecule has 1 aliphatic carbocycles. The van der Waals surface area contributed by atoms with Crippen molar-refractivity contribution in [3.63, 3.8) is 0 Å². The van der Waals surface area contributed by atoms with Crippen LogP contribution in [0, 0.1) is 11.3 Å². The second kappa shape index (κ2) is 9.78. The third kappa shape index (κ3) is 6.58. The first-order valence-corrected chi connectivity index (χ1v) is 9.05.